The van der Waals surface area contributed by atoms with Crippen molar-refractivity contribution >= 4 is 0 Å². The van der Waals surface area contributed by atoms with E-state index in [-0.39, 0.29) is 1.43 Å². The number of aryl methyl sites for hydroxylation is 8. The highest BCUT2D eigenvalue weighted by molar-refractivity contribution is 5.29. The monoisotopic (exact) mass is 910 g/mol. The lowest BCUT2D eigenvalue weighted by molar-refractivity contribution is 0.308. The zero-order chi connectivity index (χ0) is 49.6. The second-order valence-corrected chi connectivity index (χ2v) is 24.2. The molecule has 0 nitrogen and oxygen atoms in total. The van der Waals surface area contributed by atoms with Crippen molar-refractivity contribution < 1.29 is 1.43 Å². The van der Waals surface area contributed by atoms with Gasteiger partial charge in [0.05, 0.1) is 0 Å². The standard InChI is InChI=1S/2C9H12.5C8H16.C8H10.H2/c2*1-7-4-5-8(2)9(3)6-7;6*1-7-3-5-8(2)6-4-7;/h2*4-6H,1-3H3;5*7-8H,3-6H2,1-2H3;3-6H,1-2H3;1H/i;;;;;;;;1+1. The van der Waals surface area contributed by atoms with E-state index in [4.69, 9.17) is 0 Å². The highest BCUT2D eigenvalue weighted by Crippen LogP contribution is 2.30. The normalized spacial score (nSPS) is 27.8. The third kappa shape index (κ3) is 32.4. The van der Waals surface area contributed by atoms with Crippen LogP contribution in [0.3, 0.4) is 0 Å². The van der Waals surface area contributed by atoms with Gasteiger partial charge in [-0.25, -0.2) is 0 Å². The highest BCUT2D eigenvalue weighted by atomic mass is 14.2. The molecule has 5 aliphatic carbocycles. The van der Waals surface area contributed by atoms with Gasteiger partial charge in [-0.15, -0.1) is 0 Å². The predicted molar refractivity (Wildman–Crippen MR) is 303 cm³/mol. The van der Waals surface area contributed by atoms with Crippen LogP contribution in [0, 0.1) is 115 Å². The average molecular weight is 911 g/mol. The second-order valence-electron chi connectivity index (χ2n) is 24.2. The topological polar surface area (TPSA) is 0 Å². The summed E-state index contributed by atoms with van der Waals surface area (Å²) in [5.74, 6) is 10.2. The second kappa shape index (κ2) is 35.7. The van der Waals surface area contributed by atoms with E-state index in [0.717, 1.165) is 59.2 Å². The first-order valence-electron chi connectivity index (χ1n) is 28.2. The molecule has 3 aromatic rings. The molecule has 0 bridgehead atoms. The van der Waals surface area contributed by atoms with Gasteiger partial charge in [-0.3, -0.25) is 0 Å². The SMILES string of the molecule is CC1CCC(C)CC1.CC1CCC(C)CC1.CC1CCC(C)CC1.CC1CCC(C)CC1.CC1CCC(C)CC1.Cc1ccc(C)c(C)c1.Cc1ccc(C)c(C)c1.Cc1ccc(C)cc1.[2HH]. The van der Waals surface area contributed by atoms with Crippen molar-refractivity contribution in [3.05, 3.63) is 105 Å². The third-order valence-electron chi connectivity index (χ3n) is 16.1. The molecule has 5 fully saturated rings. The summed E-state index contributed by atoms with van der Waals surface area (Å²) in [7, 11) is 0. The van der Waals surface area contributed by atoms with Gasteiger partial charge in [-0.1, -0.05) is 281 Å². The van der Waals surface area contributed by atoms with Crippen LogP contribution in [0.15, 0.2) is 60.7 Å². The van der Waals surface area contributed by atoms with Crippen LogP contribution in [0.25, 0.3) is 0 Å². The maximum atomic E-state index is 2.37. The molecule has 3 aromatic carbocycles. The quantitative estimate of drug-likeness (QED) is 0.211. The van der Waals surface area contributed by atoms with Gasteiger partial charge < -0.3 is 0 Å². The van der Waals surface area contributed by atoms with E-state index in [1.165, 1.54) is 173 Å². The summed E-state index contributed by atoms with van der Waals surface area (Å²) in [4.78, 5) is 0. The minimum atomic E-state index is 0. The van der Waals surface area contributed by atoms with E-state index in [2.05, 4.69) is 185 Å². The van der Waals surface area contributed by atoms with Gasteiger partial charge in [-0.05, 0) is 137 Å². The summed E-state index contributed by atoms with van der Waals surface area (Å²) in [6.45, 7) is 40.6. The first-order chi connectivity index (χ1) is 31.1. The van der Waals surface area contributed by atoms with Gasteiger partial charge in [0.25, 0.3) is 0 Å². The molecule has 5 aliphatic rings. The van der Waals surface area contributed by atoms with Crippen molar-refractivity contribution in [1.82, 2.24) is 0 Å². The Bertz CT molecular complexity index is 1340. The molecule has 0 heterocycles. The Labute approximate surface area is 417 Å². The van der Waals surface area contributed by atoms with E-state index < -0.39 is 0 Å². The molecule has 0 aromatic heterocycles. The molecule has 0 N–H and O–H groups in total. The molecule has 0 heteroatoms. The minimum absolute atomic E-state index is 0. The van der Waals surface area contributed by atoms with E-state index in [0.29, 0.717) is 0 Å². The Morgan fingerprint density at radius 2 is 0.348 bits per heavy atom. The minimum Gasteiger partial charge on any atom is -0.0625 e. The van der Waals surface area contributed by atoms with Crippen molar-refractivity contribution in [1.29, 1.82) is 0 Å². The molecule has 0 amide bonds. The molecule has 0 spiro atoms. The van der Waals surface area contributed by atoms with E-state index in [1.807, 2.05) is 0 Å². The van der Waals surface area contributed by atoms with Crippen LogP contribution < -0.4 is 0 Å². The van der Waals surface area contributed by atoms with Gasteiger partial charge in [0.15, 0.2) is 0 Å². The van der Waals surface area contributed by atoms with E-state index in [1.54, 1.807) is 0 Å². The Hall–Kier alpha value is -2.34. The number of benzene rings is 3. The van der Waals surface area contributed by atoms with Gasteiger partial charge in [-0.2, -0.15) is 0 Å². The fourth-order valence-corrected chi connectivity index (χ4v) is 9.55. The van der Waals surface area contributed by atoms with Gasteiger partial charge in [0.1, 0.15) is 0 Å². The summed E-state index contributed by atoms with van der Waals surface area (Å²) in [5.41, 5.74) is 10.9. The van der Waals surface area contributed by atoms with Crippen LogP contribution in [-0.4, -0.2) is 0 Å². The van der Waals surface area contributed by atoms with Crippen molar-refractivity contribution in [2.75, 3.05) is 0 Å². The van der Waals surface area contributed by atoms with Crippen LogP contribution >= 0.6 is 0 Å². The van der Waals surface area contributed by atoms with Gasteiger partial charge in [0, 0.05) is 1.43 Å². The summed E-state index contributed by atoms with van der Waals surface area (Å²) < 4.78 is 0. The molecule has 0 atom stereocenters. The largest absolute Gasteiger partial charge is 0.0625 e. The zero-order valence-electron chi connectivity index (χ0n) is 47.7. The van der Waals surface area contributed by atoms with Crippen LogP contribution in [0.4, 0.5) is 0 Å². The maximum absolute atomic E-state index is 2.37. The molecule has 5 saturated carbocycles. The highest BCUT2D eigenvalue weighted by Gasteiger charge is 2.16. The fraction of sp³-hybridized carbons (Fsp3) is 0.727. The van der Waals surface area contributed by atoms with Crippen molar-refractivity contribution in [2.45, 2.75) is 253 Å². The summed E-state index contributed by atoms with van der Waals surface area (Å²) in [6, 6.07) is 21.5. The fourth-order valence-electron chi connectivity index (χ4n) is 9.55. The molecule has 0 unspecified atom stereocenters. The van der Waals surface area contributed by atoms with E-state index in [9.17, 15) is 0 Å². The Kier molecular flexibility index (Phi) is 33.4. The van der Waals surface area contributed by atoms with Gasteiger partial charge in [0.2, 0.25) is 0 Å². The zero-order valence-corrected chi connectivity index (χ0v) is 47.7. The van der Waals surface area contributed by atoms with Crippen LogP contribution in [-0.2, 0) is 0 Å². The third-order valence-corrected chi connectivity index (χ3v) is 16.1. The van der Waals surface area contributed by atoms with Crippen molar-refractivity contribution in [3.63, 3.8) is 0 Å². The van der Waals surface area contributed by atoms with Crippen molar-refractivity contribution in [2.24, 2.45) is 59.2 Å². The van der Waals surface area contributed by atoms with Crippen LogP contribution in [0.2, 0.25) is 0 Å². The first kappa shape index (κ1) is 61.7. The molecule has 66 heavy (non-hydrogen) atoms. The molecule has 380 valence electrons. The number of hydrogen-bond acceptors (Lipinski definition) is 0. The molecule has 8 rings (SSSR count). The average Bonchev–Trinajstić information content (AvgIpc) is 3.29. The lowest BCUT2D eigenvalue weighted by atomic mass is 9.84. The lowest BCUT2D eigenvalue weighted by Crippen LogP contribution is -2.08. The molecular formula is C66H116. The number of hydrogen-bond donors (Lipinski definition) is 0. The Morgan fingerprint density at radius 1 is 0.212 bits per heavy atom. The smallest absolute Gasteiger partial charge is 0 e. The lowest BCUT2D eigenvalue weighted by Gasteiger charge is -2.22. The van der Waals surface area contributed by atoms with Crippen LogP contribution in [0.1, 0.15) is 244 Å². The molecular weight excluding hydrogens is 793 g/mol. The summed E-state index contributed by atoms with van der Waals surface area (Å²) in [5, 5.41) is 0. The summed E-state index contributed by atoms with van der Waals surface area (Å²) in [6.07, 6.45) is 29.5. The molecule has 0 radical (unpaired) electrons. The Morgan fingerprint density at radius 3 is 0.470 bits per heavy atom. The molecule has 0 saturated heterocycles. The van der Waals surface area contributed by atoms with Gasteiger partial charge >= 0.3 is 0 Å². The number of rotatable bonds is 0. The first-order valence-corrected chi connectivity index (χ1v) is 28.2. The maximum Gasteiger partial charge on any atom is 0 e. The Balaban J connectivity index is 0.000000742. The summed E-state index contributed by atoms with van der Waals surface area (Å²) >= 11 is 0. The van der Waals surface area contributed by atoms with Crippen molar-refractivity contribution in [3.8, 4) is 0 Å². The van der Waals surface area contributed by atoms with Crippen LogP contribution in [0.5, 0.6) is 0 Å². The molecule has 0 aliphatic heterocycles. The van der Waals surface area contributed by atoms with E-state index >= 15 is 0 Å². The predicted octanol–water partition coefficient (Wildman–Crippen LogP) is 21.9.